The predicted molar refractivity (Wildman–Crippen MR) is 87.1 cm³/mol. The van der Waals surface area contributed by atoms with Gasteiger partial charge in [0.2, 0.25) is 5.78 Å². The maximum absolute atomic E-state index is 12.5. The highest BCUT2D eigenvalue weighted by Crippen LogP contribution is 2.38. The first-order chi connectivity index (χ1) is 10.5. The van der Waals surface area contributed by atoms with Gasteiger partial charge in [-0.15, -0.1) is 0 Å². The Morgan fingerprint density at radius 3 is 2.64 bits per heavy atom. The Morgan fingerprint density at radius 1 is 1.18 bits per heavy atom. The minimum Gasteiger partial charge on any atom is -0.497 e. The van der Waals surface area contributed by atoms with Crippen LogP contribution >= 0.6 is 23.2 Å². The molecule has 1 aliphatic rings. The molecule has 0 amide bonds. The predicted octanol–water partition coefficient (Wildman–Crippen LogP) is 4.93. The highest BCUT2D eigenvalue weighted by Gasteiger charge is 2.30. The van der Waals surface area contributed by atoms with E-state index in [1.807, 2.05) is 6.92 Å². The van der Waals surface area contributed by atoms with Crippen LogP contribution in [0, 0.1) is 6.92 Å². The second kappa shape index (κ2) is 5.67. The maximum atomic E-state index is 12.5. The summed E-state index contributed by atoms with van der Waals surface area (Å²) < 4.78 is 10.9. The summed E-state index contributed by atoms with van der Waals surface area (Å²) in [4.78, 5) is 12.5. The van der Waals surface area contributed by atoms with E-state index in [0.717, 1.165) is 5.56 Å². The molecule has 2 aromatic rings. The van der Waals surface area contributed by atoms with Crippen molar-refractivity contribution in [3.05, 3.63) is 62.8 Å². The third-order valence-electron chi connectivity index (χ3n) is 3.43. The van der Waals surface area contributed by atoms with Crippen LogP contribution in [0.2, 0.25) is 10.0 Å². The lowest BCUT2D eigenvalue weighted by molar-refractivity contribution is 0.101. The summed E-state index contributed by atoms with van der Waals surface area (Å²) in [6.45, 7) is 1.85. The summed E-state index contributed by atoms with van der Waals surface area (Å²) in [5, 5.41) is 0.997. The molecular formula is C17H12Cl2O3. The van der Waals surface area contributed by atoms with Crippen LogP contribution in [0.15, 0.2) is 36.1 Å². The SMILES string of the molecule is COc1cc(C)c2c(c1)O/C(=C\c1ccc(Cl)cc1Cl)C2=O. The fourth-order valence-corrected chi connectivity index (χ4v) is 2.82. The van der Waals surface area contributed by atoms with Crippen molar-refractivity contribution in [1.29, 1.82) is 0 Å². The molecule has 22 heavy (non-hydrogen) atoms. The molecule has 0 fully saturated rings. The van der Waals surface area contributed by atoms with Crippen LogP contribution in [0.1, 0.15) is 21.5 Å². The van der Waals surface area contributed by atoms with Gasteiger partial charge >= 0.3 is 0 Å². The number of aryl methyl sites for hydroxylation is 1. The summed E-state index contributed by atoms with van der Waals surface area (Å²) in [5.41, 5.74) is 2.04. The summed E-state index contributed by atoms with van der Waals surface area (Å²) in [7, 11) is 1.57. The van der Waals surface area contributed by atoms with Crippen molar-refractivity contribution < 1.29 is 14.3 Å². The third-order valence-corrected chi connectivity index (χ3v) is 3.99. The second-order valence-corrected chi connectivity index (χ2v) is 5.77. The summed E-state index contributed by atoms with van der Waals surface area (Å²) >= 11 is 12.0. The standard InChI is InChI=1S/C17H12Cl2O3/c1-9-5-12(21-2)8-14-16(9)17(20)15(22-14)6-10-3-4-11(18)7-13(10)19/h3-8H,1-2H3/b15-6-. The number of halogens is 2. The third kappa shape index (κ3) is 2.58. The van der Waals surface area contributed by atoms with Gasteiger partial charge in [-0.1, -0.05) is 29.3 Å². The summed E-state index contributed by atoms with van der Waals surface area (Å²) in [5.74, 6) is 1.21. The van der Waals surface area contributed by atoms with Gasteiger partial charge in [0.25, 0.3) is 0 Å². The molecule has 0 aromatic heterocycles. The van der Waals surface area contributed by atoms with Gasteiger partial charge in [0, 0.05) is 16.1 Å². The smallest absolute Gasteiger partial charge is 0.232 e. The second-order valence-electron chi connectivity index (χ2n) is 4.92. The molecule has 0 N–H and O–H groups in total. The highest BCUT2D eigenvalue weighted by molar-refractivity contribution is 6.35. The Bertz CT molecular complexity index is 810. The summed E-state index contributed by atoms with van der Waals surface area (Å²) in [6.07, 6.45) is 1.62. The number of methoxy groups -OCH3 is 1. The molecule has 0 unspecified atom stereocenters. The molecule has 112 valence electrons. The fraction of sp³-hybridized carbons (Fsp3) is 0.118. The van der Waals surface area contributed by atoms with E-state index in [1.54, 1.807) is 43.5 Å². The first-order valence-corrected chi connectivity index (χ1v) is 7.33. The molecule has 0 saturated heterocycles. The van der Waals surface area contributed by atoms with Crippen LogP contribution in [-0.2, 0) is 0 Å². The molecular weight excluding hydrogens is 323 g/mol. The van der Waals surface area contributed by atoms with Crippen LogP contribution in [0.5, 0.6) is 11.5 Å². The number of allylic oxidation sites excluding steroid dienone is 1. The Kier molecular flexibility index (Phi) is 3.85. The fourth-order valence-electron chi connectivity index (χ4n) is 2.36. The van der Waals surface area contributed by atoms with Crippen LogP contribution in [0.4, 0.5) is 0 Å². The van der Waals surface area contributed by atoms with Gasteiger partial charge in [-0.05, 0) is 42.3 Å². The highest BCUT2D eigenvalue weighted by atomic mass is 35.5. The van der Waals surface area contributed by atoms with Crippen molar-refractivity contribution in [2.24, 2.45) is 0 Å². The van der Waals surface area contributed by atoms with Crippen molar-refractivity contribution in [2.75, 3.05) is 7.11 Å². The van der Waals surface area contributed by atoms with E-state index < -0.39 is 0 Å². The normalized spacial score (nSPS) is 14.9. The zero-order valence-corrected chi connectivity index (χ0v) is 13.5. The van der Waals surface area contributed by atoms with Crippen LogP contribution in [0.3, 0.4) is 0 Å². The number of fused-ring (bicyclic) bond motifs is 1. The molecule has 2 aromatic carbocycles. The molecule has 0 saturated carbocycles. The van der Waals surface area contributed by atoms with Gasteiger partial charge in [0.15, 0.2) is 5.76 Å². The molecule has 3 nitrogen and oxygen atoms in total. The molecule has 0 spiro atoms. The van der Waals surface area contributed by atoms with Gasteiger partial charge in [0.05, 0.1) is 12.7 Å². The van der Waals surface area contributed by atoms with Crippen LogP contribution in [-0.4, -0.2) is 12.9 Å². The molecule has 0 bridgehead atoms. The lowest BCUT2D eigenvalue weighted by Crippen LogP contribution is -1.99. The Morgan fingerprint density at radius 2 is 1.95 bits per heavy atom. The van der Waals surface area contributed by atoms with Crippen LogP contribution < -0.4 is 9.47 Å². The Labute approximate surface area is 138 Å². The van der Waals surface area contributed by atoms with Crippen molar-refractivity contribution in [3.8, 4) is 11.5 Å². The average Bonchev–Trinajstić information content (AvgIpc) is 2.78. The first-order valence-electron chi connectivity index (χ1n) is 6.57. The monoisotopic (exact) mass is 334 g/mol. The maximum Gasteiger partial charge on any atom is 0.232 e. The molecule has 0 aliphatic carbocycles. The van der Waals surface area contributed by atoms with Gasteiger partial charge in [-0.2, -0.15) is 0 Å². The number of carbonyl (C=O) groups is 1. The largest absolute Gasteiger partial charge is 0.497 e. The van der Waals surface area contributed by atoms with E-state index in [1.165, 1.54) is 0 Å². The van der Waals surface area contributed by atoms with E-state index in [2.05, 4.69) is 0 Å². The van der Waals surface area contributed by atoms with E-state index in [9.17, 15) is 4.79 Å². The quantitative estimate of drug-likeness (QED) is 0.730. The van der Waals surface area contributed by atoms with E-state index >= 15 is 0 Å². The zero-order chi connectivity index (χ0) is 15.9. The topological polar surface area (TPSA) is 35.5 Å². The number of ketones is 1. The number of rotatable bonds is 2. The molecule has 0 atom stereocenters. The number of Topliss-reactive ketones (excluding diaryl/α,β-unsaturated/α-hetero) is 1. The number of benzene rings is 2. The number of carbonyl (C=O) groups excluding carboxylic acids is 1. The Hall–Kier alpha value is -1.97. The Balaban J connectivity index is 2.03. The molecule has 5 heteroatoms. The zero-order valence-electron chi connectivity index (χ0n) is 11.9. The molecule has 1 heterocycles. The summed E-state index contributed by atoms with van der Waals surface area (Å²) in [6, 6.07) is 8.57. The molecule has 3 rings (SSSR count). The minimum absolute atomic E-state index is 0.166. The van der Waals surface area contributed by atoms with Crippen molar-refractivity contribution in [3.63, 3.8) is 0 Å². The van der Waals surface area contributed by atoms with E-state index in [-0.39, 0.29) is 11.5 Å². The number of ether oxygens (including phenoxy) is 2. The van der Waals surface area contributed by atoms with Gasteiger partial charge in [0.1, 0.15) is 11.5 Å². The van der Waals surface area contributed by atoms with Gasteiger partial charge in [-0.3, -0.25) is 4.79 Å². The lowest BCUT2D eigenvalue weighted by atomic mass is 10.0. The minimum atomic E-state index is -0.166. The van der Waals surface area contributed by atoms with E-state index in [4.69, 9.17) is 32.7 Å². The average molecular weight is 335 g/mol. The number of hydrogen-bond donors (Lipinski definition) is 0. The van der Waals surface area contributed by atoms with Gasteiger partial charge in [-0.25, -0.2) is 0 Å². The first kappa shape index (κ1) is 14.9. The van der Waals surface area contributed by atoms with Crippen molar-refractivity contribution >= 4 is 35.1 Å². The van der Waals surface area contributed by atoms with E-state index in [0.29, 0.717) is 32.7 Å². The molecule has 1 aliphatic heterocycles. The molecule has 0 radical (unpaired) electrons. The van der Waals surface area contributed by atoms with Gasteiger partial charge < -0.3 is 9.47 Å². The van der Waals surface area contributed by atoms with Crippen molar-refractivity contribution in [1.82, 2.24) is 0 Å². The lowest BCUT2D eigenvalue weighted by Gasteiger charge is -2.04. The number of hydrogen-bond acceptors (Lipinski definition) is 3. The van der Waals surface area contributed by atoms with Crippen LogP contribution in [0.25, 0.3) is 6.08 Å². The van der Waals surface area contributed by atoms with Crippen molar-refractivity contribution in [2.45, 2.75) is 6.92 Å².